The maximum Gasteiger partial charge on any atom is 0.325 e. The van der Waals surface area contributed by atoms with Gasteiger partial charge >= 0.3 is 5.97 Å². The largest absolute Gasteiger partial charge is 0.468 e. The highest BCUT2D eigenvalue weighted by Gasteiger charge is 2.53. The minimum absolute atomic E-state index is 0.0329. The summed E-state index contributed by atoms with van der Waals surface area (Å²) >= 11 is 0. The highest BCUT2D eigenvalue weighted by molar-refractivity contribution is 5.93. The van der Waals surface area contributed by atoms with Crippen molar-refractivity contribution in [3.05, 3.63) is 0 Å². The van der Waals surface area contributed by atoms with Gasteiger partial charge in [-0.1, -0.05) is 41.5 Å². The van der Waals surface area contributed by atoms with E-state index in [9.17, 15) is 28.8 Å². The molecule has 4 N–H and O–H groups in total. The van der Waals surface area contributed by atoms with E-state index in [2.05, 4.69) is 26.0 Å². The molecule has 2 aliphatic rings. The lowest BCUT2D eigenvalue weighted by atomic mass is 9.99. The molecule has 0 radical (unpaired) electrons. The Morgan fingerprint density at radius 2 is 1.45 bits per heavy atom. The van der Waals surface area contributed by atoms with Gasteiger partial charge < -0.3 is 40.4 Å². The number of hydrogen-bond donors (Lipinski definition) is 4. The van der Waals surface area contributed by atoms with E-state index < -0.39 is 66.4 Å². The molecule has 0 saturated carbocycles. The third kappa shape index (κ3) is 9.12. The van der Waals surface area contributed by atoms with Crippen molar-refractivity contribution in [3.8, 4) is 0 Å². The number of ether oxygens (including phenoxy) is 3. The first-order valence-corrected chi connectivity index (χ1v) is 14.4. The molecule has 2 rings (SSSR count). The van der Waals surface area contributed by atoms with Crippen LogP contribution < -0.4 is 21.3 Å². The number of carbonyl (C=O) groups excluding carboxylic acids is 6. The van der Waals surface area contributed by atoms with E-state index in [1.54, 1.807) is 39.5 Å². The Hall–Kier alpha value is -3.26. The van der Waals surface area contributed by atoms with Crippen LogP contribution in [0.15, 0.2) is 0 Å². The van der Waals surface area contributed by atoms with Crippen molar-refractivity contribution in [2.45, 2.75) is 104 Å². The van der Waals surface area contributed by atoms with E-state index in [0.29, 0.717) is 6.42 Å². The first-order chi connectivity index (χ1) is 19.6. The second-order valence-electron chi connectivity index (χ2n) is 12.0. The zero-order valence-electron chi connectivity index (χ0n) is 26.0. The van der Waals surface area contributed by atoms with E-state index in [4.69, 9.17) is 9.47 Å². The average Bonchev–Trinajstić information content (AvgIpc) is 3.26. The minimum Gasteiger partial charge on any atom is -0.468 e. The highest BCUT2D eigenvalue weighted by atomic mass is 16.7. The molecule has 5 amide bonds. The number of esters is 1. The Morgan fingerprint density at radius 1 is 0.857 bits per heavy atom. The Morgan fingerprint density at radius 3 is 1.98 bits per heavy atom. The highest BCUT2D eigenvalue weighted by Crippen LogP contribution is 2.34. The van der Waals surface area contributed by atoms with Gasteiger partial charge in [0.2, 0.25) is 23.6 Å². The van der Waals surface area contributed by atoms with Crippen molar-refractivity contribution in [1.29, 1.82) is 0 Å². The summed E-state index contributed by atoms with van der Waals surface area (Å²) in [5, 5.41) is 10.5. The molecule has 2 bridgehead atoms. The number of methoxy groups -OCH3 is 1. The summed E-state index contributed by atoms with van der Waals surface area (Å²) in [6, 6.07) is -3.20. The van der Waals surface area contributed by atoms with E-state index >= 15 is 0 Å². The van der Waals surface area contributed by atoms with Crippen LogP contribution in [-0.4, -0.2) is 103 Å². The minimum atomic E-state index is -1.09. The van der Waals surface area contributed by atoms with E-state index in [1.165, 1.54) is 14.0 Å². The van der Waals surface area contributed by atoms with Crippen molar-refractivity contribution in [3.63, 3.8) is 0 Å². The summed E-state index contributed by atoms with van der Waals surface area (Å²) in [4.78, 5) is 77.2. The number of rotatable bonds is 13. The van der Waals surface area contributed by atoms with Crippen LogP contribution >= 0.6 is 0 Å². The van der Waals surface area contributed by atoms with E-state index in [1.807, 2.05) is 13.8 Å². The van der Waals surface area contributed by atoms with Gasteiger partial charge in [-0.15, -0.1) is 0 Å². The van der Waals surface area contributed by atoms with Crippen LogP contribution in [-0.2, 0) is 43.0 Å². The Kier molecular flexibility index (Phi) is 12.7. The lowest BCUT2D eigenvalue weighted by Crippen LogP contribution is -2.61. The van der Waals surface area contributed by atoms with Gasteiger partial charge in [-0.05, 0) is 31.1 Å². The summed E-state index contributed by atoms with van der Waals surface area (Å²) in [7, 11) is 1.20. The molecule has 14 heteroatoms. The predicted octanol–water partition coefficient (Wildman–Crippen LogP) is -0.551. The Balaban J connectivity index is 2.18. The number of amides is 5. The lowest BCUT2D eigenvalue weighted by molar-refractivity contribution is -0.171. The van der Waals surface area contributed by atoms with Crippen LogP contribution in [0.25, 0.3) is 0 Å². The summed E-state index contributed by atoms with van der Waals surface area (Å²) < 4.78 is 16.6. The molecule has 0 aromatic carbocycles. The monoisotopic (exact) mass is 597 g/mol. The Labute approximate surface area is 247 Å². The number of fused-ring (bicyclic) bond motifs is 2. The summed E-state index contributed by atoms with van der Waals surface area (Å²) in [6.07, 6.45) is -2.27. The number of nitrogens with zero attached hydrogens (tertiary/aromatic N) is 1. The lowest BCUT2D eigenvalue weighted by Gasteiger charge is -2.41. The van der Waals surface area contributed by atoms with Crippen molar-refractivity contribution in [2.75, 3.05) is 20.2 Å². The molecule has 0 aliphatic carbocycles. The van der Waals surface area contributed by atoms with Gasteiger partial charge in [-0.2, -0.15) is 0 Å². The smallest absolute Gasteiger partial charge is 0.325 e. The maximum absolute atomic E-state index is 13.7. The molecule has 42 heavy (non-hydrogen) atoms. The topological polar surface area (TPSA) is 181 Å². The van der Waals surface area contributed by atoms with Gasteiger partial charge in [-0.3, -0.25) is 28.8 Å². The Bertz CT molecular complexity index is 1020. The molecule has 2 heterocycles. The molecule has 7 atom stereocenters. The zero-order valence-corrected chi connectivity index (χ0v) is 26.0. The standard InChI is InChI=1S/C28H47N5O9/c1-13(2)10-18-28-41-19(12-33(18)27(39)16(7)30-25(37)22(15(5)6)31-17(8)34)23(42-28)26(38)32-21(14(3)4)24(36)29-11-20(35)40-9/h13-16,18-19,21-23,28H,10-12H2,1-9H3,(H,29,36)(H,30,37)(H,31,34)(H,32,38)/t16-,18-,19+,21-,22-,23+,28+/m0/s1. The predicted molar refractivity (Wildman–Crippen MR) is 150 cm³/mol. The summed E-state index contributed by atoms with van der Waals surface area (Å²) in [5.74, 6) is -3.31. The normalized spacial score (nSPS) is 23.7. The average molecular weight is 598 g/mol. The maximum atomic E-state index is 13.7. The van der Waals surface area contributed by atoms with Crippen LogP contribution in [0.3, 0.4) is 0 Å². The second-order valence-corrected chi connectivity index (χ2v) is 12.0. The first-order valence-electron chi connectivity index (χ1n) is 14.4. The molecule has 0 spiro atoms. The first kappa shape index (κ1) is 34.9. The van der Waals surface area contributed by atoms with Crippen molar-refractivity contribution < 1.29 is 43.0 Å². The fourth-order valence-electron chi connectivity index (χ4n) is 4.99. The molecular formula is C28H47N5O9. The van der Waals surface area contributed by atoms with Crippen molar-refractivity contribution in [2.24, 2.45) is 17.8 Å². The number of carbonyl (C=O) groups is 6. The van der Waals surface area contributed by atoms with Crippen molar-refractivity contribution >= 4 is 35.5 Å². The SMILES string of the molecule is COC(=O)CNC(=O)[C@@H](NC(=O)[C@@H]1O[C@H]2O[C@@H]1CN(C(=O)[C@H](C)NC(=O)[C@@H](NC(C)=O)C(C)C)[C@H]2CC(C)C)C(C)C. The quantitative estimate of drug-likeness (QED) is 0.203. The van der Waals surface area contributed by atoms with Gasteiger partial charge in [0, 0.05) is 6.92 Å². The number of morpholine rings is 1. The van der Waals surface area contributed by atoms with Gasteiger partial charge in [0.1, 0.15) is 30.8 Å². The second kappa shape index (κ2) is 15.3. The zero-order chi connectivity index (χ0) is 31.9. The van der Waals surface area contributed by atoms with Gasteiger partial charge in [-0.25, -0.2) is 0 Å². The number of nitrogens with one attached hydrogen (secondary N) is 4. The molecule has 2 aliphatic heterocycles. The molecule has 0 aromatic heterocycles. The summed E-state index contributed by atoms with van der Waals surface area (Å²) in [6.45, 7) is 13.6. The van der Waals surface area contributed by atoms with E-state index in [0.717, 1.165) is 0 Å². The molecule has 2 saturated heterocycles. The van der Waals surface area contributed by atoms with Crippen LogP contribution in [0.2, 0.25) is 0 Å². The molecule has 0 unspecified atom stereocenters. The molecule has 2 fully saturated rings. The van der Waals surface area contributed by atoms with Gasteiger partial charge in [0.25, 0.3) is 5.91 Å². The number of hydrogen-bond acceptors (Lipinski definition) is 9. The van der Waals surface area contributed by atoms with Crippen molar-refractivity contribution in [1.82, 2.24) is 26.2 Å². The van der Waals surface area contributed by atoms with Gasteiger partial charge in [0.15, 0.2) is 12.4 Å². The van der Waals surface area contributed by atoms with Crippen LogP contribution in [0, 0.1) is 17.8 Å². The van der Waals surface area contributed by atoms with Gasteiger partial charge in [0.05, 0.1) is 19.7 Å². The van der Waals surface area contributed by atoms with Crippen LogP contribution in [0.1, 0.15) is 61.8 Å². The third-order valence-corrected chi connectivity index (χ3v) is 7.19. The van der Waals surface area contributed by atoms with Crippen LogP contribution in [0.5, 0.6) is 0 Å². The molecule has 14 nitrogen and oxygen atoms in total. The molecular weight excluding hydrogens is 550 g/mol. The van der Waals surface area contributed by atoms with Crippen LogP contribution in [0.4, 0.5) is 0 Å². The fraction of sp³-hybridized carbons (Fsp3) is 0.786. The molecule has 0 aromatic rings. The molecule has 238 valence electrons. The third-order valence-electron chi connectivity index (χ3n) is 7.19. The fourth-order valence-corrected chi connectivity index (χ4v) is 4.99. The van der Waals surface area contributed by atoms with E-state index in [-0.39, 0.29) is 42.7 Å². The summed E-state index contributed by atoms with van der Waals surface area (Å²) in [5.41, 5.74) is 0.